The minimum atomic E-state index is -4.54. The summed E-state index contributed by atoms with van der Waals surface area (Å²) >= 11 is 0. The minimum absolute atomic E-state index is 0.00765. The average Bonchev–Trinajstić information content (AvgIpc) is 2.79. The lowest BCUT2D eigenvalue weighted by Gasteiger charge is -2.30. The van der Waals surface area contributed by atoms with Crippen LogP contribution in [0.2, 0.25) is 0 Å². The van der Waals surface area contributed by atoms with Crippen LogP contribution in [0.1, 0.15) is 31.9 Å². The second kappa shape index (κ2) is 5.63. The molecule has 0 fully saturated rings. The standard InChI is InChI=1S/C12H18F3N5O/c1-7(2)5-8(16)10(21)19-3-4-20-9(6-19)17-18-11(20)12(13,14)15/h7-8H,3-6,16H2,1-2H3/t8-/m1/s1. The summed E-state index contributed by atoms with van der Waals surface area (Å²) in [5.74, 6) is -0.865. The van der Waals surface area contributed by atoms with Crippen molar-refractivity contribution in [1.82, 2.24) is 19.7 Å². The maximum atomic E-state index is 12.7. The van der Waals surface area contributed by atoms with E-state index in [4.69, 9.17) is 5.73 Å². The average molecular weight is 305 g/mol. The fourth-order valence-corrected chi connectivity index (χ4v) is 2.40. The Morgan fingerprint density at radius 2 is 2.00 bits per heavy atom. The highest BCUT2D eigenvalue weighted by Crippen LogP contribution is 2.29. The van der Waals surface area contributed by atoms with Gasteiger partial charge in [0, 0.05) is 13.1 Å². The number of rotatable bonds is 3. The van der Waals surface area contributed by atoms with Gasteiger partial charge in [-0.3, -0.25) is 4.79 Å². The Bertz CT molecular complexity index is 525. The molecule has 1 aliphatic rings. The number of carbonyl (C=O) groups excluding carboxylic acids is 1. The number of amides is 1. The van der Waals surface area contributed by atoms with Crippen LogP contribution in [-0.4, -0.2) is 38.2 Å². The predicted octanol–water partition coefficient (Wildman–Crippen LogP) is 1.01. The molecule has 0 radical (unpaired) electrons. The fourth-order valence-electron chi connectivity index (χ4n) is 2.40. The largest absolute Gasteiger partial charge is 0.451 e. The van der Waals surface area contributed by atoms with Gasteiger partial charge in [-0.1, -0.05) is 13.8 Å². The number of halogens is 3. The second-order valence-corrected chi connectivity index (χ2v) is 5.59. The summed E-state index contributed by atoms with van der Waals surface area (Å²) < 4.78 is 39.1. The predicted molar refractivity (Wildman–Crippen MR) is 67.9 cm³/mol. The highest BCUT2D eigenvalue weighted by Gasteiger charge is 2.40. The molecule has 1 aromatic rings. The molecule has 0 saturated heterocycles. The molecule has 0 unspecified atom stereocenters. The van der Waals surface area contributed by atoms with Crippen LogP contribution in [0.25, 0.3) is 0 Å². The van der Waals surface area contributed by atoms with Gasteiger partial charge in [0.1, 0.15) is 0 Å². The molecule has 0 spiro atoms. The Morgan fingerprint density at radius 3 is 2.57 bits per heavy atom. The molecule has 1 amide bonds. The van der Waals surface area contributed by atoms with E-state index in [2.05, 4.69) is 10.2 Å². The van der Waals surface area contributed by atoms with Crippen molar-refractivity contribution < 1.29 is 18.0 Å². The van der Waals surface area contributed by atoms with Gasteiger partial charge >= 0.3 is 6.18 Å². The number of hydrogen-bond donors (Lipinski definition) is 1. The summed E-state index contributed by atoms with van der Waals surface area (Å²) in [5, 5.41) is 6.71. The summed E-state index contributed by atoms with van der Waals surface area (Å²) in [6.07, 6.45) is -4.00. The molecule has 1 aliphatic heterocycles. The monoisotopic (exact) mass is 305 g/mol. The Hall–Kier alpha value is -1.64. The lowest BCUT2D eigenvalue weighted by atomic mass is 10.0. The number of aromatic nitrogens is 3. The Kier molecular flexibility index (Phi) is 4.22. The van der Waals surface area contributed by atoms with Crippen LogP contribution in [-0.2, 0) is 24.1 Å². The van der Waals surface area contributed by atoms with Crippen molar-refractivity contribution in [3.63, 3.8) is 0 Å². The molecule has 2 heterocycles. The smallest absolute Gasteiger partial charge is 0.332 e. The summed E-state index contributed by atoms with van der Waals surface area (Å²) in [6.45, 7) is 4.12. The molecule has 6 nitrogen and oxygen atoms in total. The molecule has 1 aromatic heterocycles. The zero-order chi connectivity index (χ0) is 15.8. The quantitative estimate of drug-likeness (QED) is 0.904. The van der Waals surface area contributed by atoms with Crippen LogP contribution in [0, 0.1) is 5.92 Å². The van der Waals surface area contributed by atoms with E-state index in [0.29, 0.717) is 6.42 Å². The molecule has 21 heavy (non-hydrogen) atoms. The van der Waals surface area contributed by atoms with Gasteiger partial charge in [0.25, 0.3) is 0 Å². The zero-order valence-electron chi connectivity index (χ0n) is 11.9. The first-order valence-corrected chi connectivity index (χ1v) is 6.73. The molecular weight excluding hydrogens is 287 g/mol. The number of carbonyl (C=O) groups is 1. The van der Waals surface area contributed by atoms with Crippen LogP contribution < -0.4 is 5.73 Å². The van der Waals surface area contributed by atoms with E-state index in [1.165, 1.54) is 4.90 Å². The molecule has 9 heteroatoms. The van der Waals surface area contributed by atoms with Gasteiger partial charge in [-0.15, -0.1) is 10.2 Å². The van der Waals surface area contributed by atoms with Crippen molar-refractivity contribution in [2.75, 3.05) is 6.54 Å². The van der Waals surface area contributed by atoms with Crippen molar-refractivity contribution in [3.8, 4) is 0 Å². The van der Waals surface area contributed by atoms with Crippen LogP contribution in [0.4, 0.5) is 13.2 Å². The first-order valence-electron chi connectivity index (χ1n) is 6.73. The molecule has 2 N–H and O–H groups in total. The van der Waals surface area contributed by atoms with Crippen molar-refractivity contribution in [1.29, 1.82) is 0 Å². The van der Waals surface area contributed by atoms with Gasteiger partial charge in [-0.05, 0) is 12.3 Å². The lowest BCUT2D eigenvalue weighted by molar-refractivity contribution is -0.148. The van der Waals surface area contributed by atoms with E-state index in [0.717, 1.165) is 4.57 Å². The van der Waals surface area contributed by atoms with Crippen molar-refractivity contribution in [3.05, 3.63) is 11.6 Å². The summed E-state index contributed by atoms with van der Waals surface area (Å²) in [7, 11) is 0. The third kappa shape index (κ3) is 3.34. The fraction of sp³-hybridized carbons (Fsp3) is 0.750. The highest BCUT2D eigenvalue weighted by molar-refractivity contribution is 5.81. The van der Waals surface area contributed by atoms with Gasteiger partial charge in [-0.2, -0.15) is 13.2 Å². The second-order valence-electron chi connectivity index (χ2n) is 5.59. The minimum Gasteiger partial charge on any atom is -0.332 e. The maximum Gasteiger partial charge on any atom is 0.451 e. The molecule has 0 aromatic carbocycles. The number of alkyl halides is 3. The van der Waals surface area contributed by atoms with E-state index in [-0.39, 0.29) is 37.3 Å². The molecule has 0 bridgehead atoms. The molecular formula is C12H18F3N5O. The van der Waals surface area contributed by atoms with Crippen LogP contribution in [0.3, 0.4) is 0 Å². The van der Waals surface area contributed by atoms with E-state index >= 15 is 0 Å². The topological polar surface area (TPSA) is 77.0 Å². The molecule has 2 rings (SSSR count). The lowest BCUT2D eigenvalue weighted by Crippen LogP contribution is -2.47. The zero-order valence-corrected chi connectivity index (χ0v) is 11.9. The number of nitrogens with two attached hydrogens (primary N) is 1. The summed E-state index contributed by atoms with van der Waals surface area (Å²) in [5.41, 5.74) is 5.83. The first kappa shape index (κ1) is 15.7. The molecule has 1 atom stereocenters. The van der Waals surface area contributed by atoms with Gasteiger partial charge in [0.2, 0.25) is 11.7 Å². The van der Waals surface area contributed by atoms with Gasteiger partial charge in [0.15, 0.2) is 5.82 Å². The SMILES string of the molecule is CC(C)C[C@@H](N)C(=O)N1CCn2c(nnc2C(F)(F)F)C1. The third-order valence-electron chi connectivity index (χ3n) is 3.36. The highest BCUT2D eigenvalue weighted by atomic mass is 19.4. The normalized spacial score (nSPS) is 17.0. The van der Waals surface area contributed by atoms with Crippen LogP contribution in [0.15, 0.2) is 0 Å². The van der Waals surface area contributed by atoms with Crippen LogP contribution in [0.5, 0.6) is 0 Å². The maximum absolute atomic E-state index is 12.7. The van der Waals surface area contributed by atoms with E-state index in [9.17, 15) is 18.0 Å². The summed E-state index contributed by atoms with van der Waals surface area (Å²) in [4.78, 5) is 13.6. The molecule has 0 aliphatic carbocycles. The van der Waals surface area contributed by atoms with Crippen molar-refractivity contribution in [2.45, 2.75) is 45.6 Å². The van der Waals surface area contributed by atoms with Crippen LogP contribution >= 0.6 is 0 Å². The molecule has 118 valence electrons. The van der Waals surface area contributed by atoms with E-state index in [1.807, 2.05) is 13.8 Å². The van der Waals surface area contributed by atoms with E-state index < -0.39 is 18.0 Å². The van der Waals surface area contributed by atoms with E-state index in [1.54, 1.807) is 0 Å². The van der Waals surface area contributed by atoms with Gasteiger partial charge in [-0.25, -0.2) is 0 Å². The number of hydrogen-bond acceptors (Lipinski definition) is 4. The van der Waals surface area contributed by atoms with Gasteiger partial charge in [0.05, 0.1) is 12.6 Å². The Labute approximate surface area is 120 Å². The Morgan fingerprint density at radius 1 is 1.33 bits per heavy atom. The third-order valence-corrected chi connectivity index (χ3v) is 3.36. The van der Waals surface area contributed by atoms with Gasteiger partial charge < -0.3 is 15.2 Å². The number of fused-ring (bicyclic) bond motifs is 1. The van der Waals surface area contributed by atoms with Crippen molar-refractivity contribution >= 4 is 5.91 Å². The Balaban J connectivity index is 2.10. The number of nitrogens with zero attached hydrogens (tertiary/aromatic N) is 4. The first-order chi connectivity index (χ1) is 9.70. The summed E-state index contributed by atoms with van der Waals surface area (Å²) in [6, 6.07) is -0.637. The molecule has 0 saturated carbocycles. The van der Waals surface area contributed by atoms with Crippen molar-refractivity contribution in [2.24, 2.45) is 11.7 Å².